The maximum absolute atomic E-state index is 12.1. The van der Waals surface area contributed by atoms with E-state index in [4.69, 9.17) is 5.26 Å². The number of carbonyl (C=O) groups is 1. The van der Waals surface area contributed by atoms with E-state index < -0.39 is 0 Å². The van der Waals surface area contributed by atoms with Gasteiger partial charge in [-0.2, -0.15) is 5.26 Å². The first kappa shape index (κ1) is 18.3. The van der Waals surface area contributed by atoms with Gasteiger partial charge in [-0.1, -0.05) is 12.1 Å². The molecule has 0 unspecified atom stereocenters. The molecule has 0 aliphatic carbocycles. The first-order chi connectivity index (χ1) is 12.1. The summed E-state index contributed by atoms with van der Waals surface area (Å²) in [7, 11) is 0. The van der Waals surface area contributed by atoms with E-state index >= 15 is 0 Å². The number of aryl methyl sites for hydroxylation is 1. The Morgan fingerprint density at radius 2 is 1.84 bits per heavy atom. The molecule has 0 saturated carbocycles. The van der Waals surface area contributed by atoms with Crippen LogP contribution in [0.5, 0.6) is 0 Å². The summed E-state index contributed by atoms with van der Waals surface area (Å²) in [6.07, 6.45) is 0. The van der Waals surface area contributed by atoms with Gasteiger partial charge in [-0.25, -0.2) is 0 Å². The minimum Gasteiger partial charge on any atom is -0.376 e. The zero-order valence-electron chi connectivity index (χ0n) is 15.0. The highest BCUT2D eigenvalue weighted by Gasteiger charge is 2.08. The molecule has 1 amide bonds. The fourth-order valence-corrected chi connectivity index (χ4v) is 2.69. The molecule has 2 N–H and O–H groups in total. The van der Waals surface area contributed by atoms with Gasteiger partial charge in [-0.05, 0) is 56.7 Å². The summed E-state index contributed by atoms with van der Waals surface area (Å²) in [4.78, 5) is 14.4. The van der Waals surface area contributed by atoms with Crippen molar-refractivity contribution in [3.63, 3.8) is 0 Å². The van der Waals surface area contributed by atoms with Gasteiger partial charge >= 0.3 is 0 Å². The molecule has 5 heteroatoms. The van der Waals surface area contributed by atoms with Gasteiger partial charge in [0.25, 0.3) is 0 Å². The lowest BCUT2D eigenvalue weighted by atomic mass is 10.1. The molecule has 25 heavy (non-hydrogen) atoms. The molecular formula is C20H24N4O. The van der Waals surface area contributed by atoms with Crippen LogP contribution in [0.2, 0.25) is 0 Å². The summed E-state index contributed by atoms with van der Waals surface area (Å²) in [5, 5.41) is 15.0. The second-order valence-corrected chi connectivity index (χ2v) is 5.73. The van der Waals surface area contributed by atoms with Crippen LogP contribution in [-0.2, 0) is 4.79 Å². The molecule has 0 spiro atoms. The van der Waals surface area contributed by atoms with Gasteiger partial charge in [0.05, 0.1) is 17.8 Å². The van der Waals surface area contributed by atoms with E-state index in [9.17, 15) is 4.79 Å². The molecule has 0 radical (unpaired) electrons. The second-order valence-electron chi connectivity index (χ2n) is 5.73. The van der Waals surface area contributed by atoms with Gasteiger partial charge in [0.15, 0.2) is 0 Å². The average Bonchev–Trinajstić information content (AvgIpc) is 2.62. The van der Waals surface area contributed by atoms with Crippen LogP contribution < -0.4 is 15.5 Å². The van der Waals surface area contributed by atoms with E-state index in [1.807, 2.05) is 13.0 Å². The molecule has 2 rings (SSSR count). The molecule has 0 fully saturated rings. The molecule has 0 saturated heterocycles. The van der Waals surface area contributed by atoms with Crippen LogP contribution in [-0.4, -0.2) is 25.5 Å². The number of rotatable bonds is 7. The average molecular weight is 336 g/mol. The molecule has 0 atom stereocenters. The van der Waals surface area contributed by atoms with Crippen molar-refractivity contribution in [2.24, 2.45) is 0 Å². The number of nitriles is 1. The number of nitrogens with one attached hydrogen (secondary N) is 2. The topological polar surface area (TPSA) is 68.2 Å². The van der Waals surface area contributed by atoms with Gasteiger partial charge in [0, 0.05) is 24.5 Å². The predicted molar refractivity (Wildman–Crippen MR) is 103 cm³/mol. The van der Waals surface area contributed by atoms with Crippen LogP contribution >= 0.6 is 0 Å². The van der Waals surface area contributed by atoms with Crippen molar-refractivity contribution >= 4 is 23.0 Å². The maximum atomic E-state index is 12.1. The number of carbonyl (C=O) groups excluding carboxylic acids is 1. The third-order valence-electron chi connectivity index (χ3n) is 4.10. The summed E-state index contributed by atoms with van der Waals surface area (Å²) in [5.74, 6) is -0.185. The van der Waals surface area contributed by atoms with E-state index in [2.05, 4.69) is 47.6 Å². The third-order valence-corrected chi connectivity index (χ3v) is 4.10. The number of benzene rings is 2. The highest BCUT2D eigenvalue weighted by atomic mass is 16.1. The zero-order chi connectivity index (χ0) is 18.2. The van der Waals surface area contributed by atoms with Gasteiger partial charge in [-0.15, -0.1) is 0 Å². The van der Waals surface area contributed by atoms with Gasteiger partial charge in [0.1, 0.15) is 6.07 Å². The number of anilines is 3. The number of para-hydroxylation sites is 1. The Labute approximate surface area is 149 Å². The summed E-state index contributed by atoms with van der Waals surface area (Å²) in [5.41, 5.74) is 4.19. The number of hydrogen-bond donors (Lipinski definition) is 2. The first-order valence-electron chi connectivity index (χ1n) is 8.47. The standard InChI is InChI=1S/C20H24N4O/c1-4-24(5-2)17-10-11-18(15(3)12-17)22-14-20(25)23-19-9-7-6-8-16(19)13-21/h6-12,22H,4-5,14H2,1-3H3,(H,23,25). The Bertz CT molecular complexity index is 776. The lowest BCUT2D eigenvalue weighted by Gasteiger charge is -2.22. The molecule has 0 aliphatic rings. The van der Waals surface area contributed by atoms with Crippen LogP contribution in [0, 0.1) is 18.3 Å². The van der Waals surface area contributed by atoms with Crippen molar-refractivity contribution in [1.82, 2.24) is 0 Å². The van der Waals surface area contributed by atoms with Crippen molar-refractivity contribution in [3.05, 3.63) is 53.6 Å². The van der Waals surface area contributed by atoms with Crippen LogP contribution in [0.4, 0.5) is 17.1 Å². The Kier molecular flexibility index (Phi) is 6.41. The van der Waals surface area contributed by atoms with E-state index in [1.165, 1.54) is 5.69 Å². The van der Waals surface area contributed by atoms with Crippen molar-refractivity contribution in [1.29, 1.82) is 5.26 Å². The summed E-state index contributed by atoms with van der Waals surface area (Å²) in [6.45, 7) is 8.36. The van der Waals surface area contributed by atoms with E-state index in [1.54, 1.807) is 24.3 Å². The van der Waals surface area contributed by atoms with Crippen molar-refractivity contribution in [2.75, 3.05) is 35.2 Å². The molecule has 130 valence electrons. The number of amides is 1. The van der Waals surface area contributed by atoms with E-state index in [0.717, 1.165) is 24.3 Å². The lowest BCUT2D eigenvalue weighted by molar-refractivity contribution is -0.114. The van der Waals surface area contributed by atoms with Crippen molar-refractivity contribution < 1.29 is 4.79 Å². The fraction of sp³-hybridized carbons (Fsp3) is 0.300. The maximum Gasteiger partial charge on any atom is 0.243 e. The number of hydrogen-bond acceptors (Lipinski definition) is 4. The highest BCUT2D eigenvalue weighted by Crippen LogP contribution is 2.22. The van der Waals surface area contributed by atoms with Crippen LogP contribution in [0.15, 0.2) is 42.5 Å². The van der Waals surface area contributed by atoms with Gasteiger partial charge in [-0.3, -0.25) is 4.79 Å². The monoisotopic (exact) mass is 336 g/mol. The summed E-state index contributed by atoms with van der Waals surface area (Å²) >= 11 is 0. The van der Waals surface area contributed by atoms with E-state index in [0.29, 0.717) is 11.3 Å². The number of nitrogens with zero attached hydrogens (tertiary/aromatic N) is 2. The van der Waals surface area contributed by atoms with E-state index in [-0.39, 0.29) is 12.5 Å². The van der Waals surface area contributed by atoms with Gasteiger partial charge in [0.2, 0.25) is 5.91 Å². The minimum absolute atomic E-state index is 0.144. The molecular weight excluding hydrogens is 312 g/mol. The SMILES string of the molecule is CCN(CC)c1ccc(NCC(=O)Nc2ccccc2C#N)c(C)c1. The largest absolute Gasteiger partial charge is 0.376 e. The molecule has 0 heterocycles. The summed E-state index contributed by atoms with van der Waals surface area (Å²) in [6, 6.07) is 15.2. The molecule has 0 aromatic heterocycles. The quantitative estimate of drug-likeness (QED) is 0.808. The molecule has 2 aromatic carbocycles. The van der Waals surface area contributed by atoms with Crippen molar-refractivity contribution in [2.45, 2.75) is 20.8 Å². The Morgan fingerprint density at radius 3 is 2.48 bits per heavy atom. The van der Waals surface area contributed by atoms with Gasteiger partial charge < -0.3 is 15.5 Å². The molecule has 5 nitrogen and oxygen atoms in total. The second kappa shape index (κ2) is 8.74. The van der Waals surface area contributed by atoms with Crippen LogP contribution in [0.3, 0.4) is 0 Å². The Morgan fingerprint density at radius 1 is 1.12 bits per heavy atom. The smallest absolute Gasteiger partial charge is 0.243 e. The molecule has 2 aromatic rings. The molecule has 0 aliphatic heterocycles. The Hall–Kier alpha value is -3.00. The third kappa shape index (κ3) is 4.74. The molecule has 0 bridgehead atoms. The predicted octanol–water partition coefficient (Wildman–Crippen LogP) is 3.76. The lowest BCUT2D eigenvalue weighted by Crippen LogP contribution is -2.23. The van der Waals surface area contributed by atoms with Crippen LogP contribution in [0.25, 0.3) is 0 Å². The first-order valence-corrected chi connectivity index (χ1v) is 8.47. The van der Waals surface area contributed by atoms with Crippen LogP contribution in [0.1, 0.15) is 25.0 Å². The normalized spacial score (nSPS) is 10.0. The minimum atomic E-state index is -0.185. The highest BCUT2D eigenvalue weighted by molar-refractivity contribution is 5.95. The Balaban J connectivity index is 1.99. The summed E-state index contributed by atoms with van der Waals surface area (Å²) < 4.78 is 0. The van der Waals surface area contributed by atoms with Crippen molar-refractivity contribution in [3.8, 4) is 6.07 Å². The fourth-order valence-electron chi connectivity index (χ4n) is 2.69. The zero-order valence-corrected chi connectivity index (χ0v) is 15.0.